The Labute approximate surface area is 672 Å². The van der Waals surface area contributed by atoms with Crippen LogP contribution in [0.3, 0.4) is 0 Å². The van der Waals surface area contributed by atoms with Gasteiger partial charge in [0.1, 0.15) is 61.4 Å². The number of para-hydroxylation sites is 2. The molecule has 4 rings (SSSR count). The number of nitrogens with two attached hydrogens (primary N) is 1. The standard InChI is InChI=1S/C74H109N11O30S/c1-74(2,3)58(96)32-85-50-15-8-7-14-49(50)84(42-12-5-4-6-13-42)31-46(71(85)111)83-73(114)78-41-11-9-10-38(26-41)52(90)27-39(16-24-61(99)100)67(107)80-45(20-23-60(98)77-30-55(93)64(104)66(106)57(95)34-87)53(91)28-40(17-25-62(101)102)68(108)79-44(19-22-59(97)76-29-54(92)63(103)65(105)56(94)33-86)51(89)21-18-43(75)69(109)81-47(35-115-37-88)70(110)82-48(36-116)72(112)113/h7-11,14-15,26,37,39-40,42-48,54-57,63-66,86-87,92-95,103-106,116H,4-6,12-13,16-25,27-36,75H2,1-3H3,(H,76,97)(H,77,98)(H,79,108)(H,80,107)(H,81,109)(H,82,110)(H,99,100)(H,101,102)(H,112,113)(H2,78,83,114)/t39-,40-,43-,44+,45+,46+,47-,48?,54-,55-,56+,57+,63+,64+,65+,66+/m0/s1. The van der Waals surface area contributed by atoms with Gasteiger partial charge in [0.05, 0.1) is 61.5 Å². The molecule has 1 saturated carbocycles. The summed E-state index contributed by atoms with van der Waals surface area (Å²) in [7, 11) is 0. The van der Waals surface area contributed by atoms with Gasteiger partial charge in [-0.3, -0.25) is 67.1 Å². The zero-order chi connectivity index (χ0) is 86.8. The van der Waals surface area contributed by atoms with Gasteiger partial charge >= 0.3 is 23.9 Å². The van der Waals surface area contributed by atoms with E-state index in [9.17, 15) is 143 Å². The van der Waals surface area contributed by atoms with Crippen molar-refractivity contribution in [1.29, 1.82) is 0 Å². The third-order valence-electron chi connectivity index (χ3n) is 19.6. The number of thiol groups is 1. The number of anilines is 3. The highest BCUT2D eigenvalue weighted by atomic mass is 32.1. The summed E-state index contributed by atoms with van der Waals surface area (Å²) in [6, 6.07) is 1.29. The Balaban J connectivity index is 1.70. The van der Waals surface area contributed by atoms with Crippen molar-refractivity contribution < 1.29 is 148 Å². The van der Waals surface area contributed by atoms with E-state index in [1.165, 1.54) is 29.2 Å². The van der Waals surface area contributed by atoms with Crippen LogP contribution in [0.15, 0.2) is 48.5 Å². The number of aliphatic carboxylic acids is 3. The van der Waals surface area contributed by atoms with Gasteiger partial charge in [-0.15, -0.1) is 0 Å². The summed E-state index contributed by atoms with van der Waals surface area (Å²) in [4.78, 5) is 219. The first-order valence-electron chi connectivity index (χ1n) is 37.6. The summed E-state index contributed by atoms with van der Waals surface area (Å²) in [5.74, 6) is -19.4. The van der Waals surface area contributed by atoms with Crippen LogP contribution in [-0.4, -0.2) is 304 Å². The molecule has 16 atom stereocenters. The number of urea groups is 1. The summed E-state index contributed by atoms with van der Waals surface area (Å²) in [6.07, 6.45) is -21.5. The highest BCUT2D eigenvalue weighted by molar-refractivity contribution is 7.80. The lowest BCUT2D eigenvalue weighted by molar-refractivity contribution is -0.142. The van der Waals surface area contributed by atoms with Crippen LogP contribution in [0, 0.1) is 17.3 Å². The number of aliphatic hydroxyl groups is 10. The van der Waals surface area contributed by atoms with Crippen molar-refractivity contribution >= 4 is 125 Å². The second-order valence-corrected chi connectivity index (χ2v) is 29.8. The Kier molecular flexibility index (Phi) is 41.4. The molecule has 9 amide bonds. The summed E-state index contributed by atoms with van der Waals surface area (Å²) < 4.78 is 4.61. The minimum atomic E-state index is -2.17. The van der Waals surface area contributed by atoms with Crippen LogP contribution in [0.2, 0.25) is 0 Å². The van der Waals surface area contributed by atoms with Crippen molar-refractivity contribution in [1.82, 2.24) is 37.2 Å². The van der Waals surface area contributed by atoms with Crippen LogP contribution < -0.4 is 58.1 Å². The van der Waals surface area contributed by atoms with E-state index in [0.29, 0.717) is 11.4 Å². The zero-order valence-electron chi connectivity index (χ0n) is 64.4. The number of amides is 9. The minimum Gasteiger partial charge on any atom is -0.481 e. The number of hydrogen-bond donors (Lipinski definition) is 23. The lowest BCUT2D eigenvalue weighted by Crippen LogP contribution is -2.56. The smallest absolute Gasteiger partial charge is 0.327 e. The quantitative estimate of drug-likeness (QED) is 0.0167. The van der Waals surface area contributed by atoms with Crippen molar-refractivity contribution in [2.45, 2.75) is 221 Å². The third kappa shape index (κ3) is 32.0. The Morgan fingerprint density at radius 1 is 0.586 bits per heavy atom. The van der Waals surface area contributed by atoms with Crippen LogP contribution >= 0.6 is 12.6 Å². The van der Waals surface area contributed by atoms with Gasteiger partial charge in [-0.1, -0.05) is 64.3 Å². The first-order chi connectivity index (χ1) is 54.7. The van der Waals surface area contributed by atoms with E-state index >= 15 is 0 Å². The van der Waals surface area contributed by atoms with E-state index in [1.54, 1.807) is 32.9 Å². The molecule has 1 aliphatic heterocycles. The molecule has 1 fully saturated rings. The summed E-state index contributed by atoms with van der Waals surface area (Å²) in [6.45, 7) is 0.0809. The van der Waals surface area contributed by atoms with Gasteiger partial charge < -0.3 is 129 Å². The minimum absolute atomic E-state index is 0.0136. The van der Waals surface area contributed by atoms with E-state index in [2.05, 4.69) is 64.8 Å². The number of ether oxygens (including phenoxy) is 1. The Morgan fingerprint density at radius 3 is 1.59 bits per heavy atom. The number of nitrogens with zero attached hydrogens (tertiary/aromatic N) is 2. The molecule has 0 spiro atoms. The van der Waals surface area contributed by atoms with E-state index in [4.69, 9.17) is 5.73 Å². The van der Waals surface area contributed by atoms with Crippen molar-refractivity contribution in [3.05, 3.63) is 54.1 Å². The first kappa shape index (κ1) is 98.6. The summed E-state index contributed by atoms with van der Waals surface area (Å²) in [5.41, 5.74) is 6.24. The van der Waals surface area contributed by atoms with Crippen molar-refractivity contribution in [2.24, 2.45) is 23.0 Å². The largest absolute Gasteiger partial charge is 0.481 e. The molecule has 116 heavy (non-hydrogen) atoms. The molecule has 0 aromatic heterocycles. The second-order valence-electron chi connectivity index (χ2n) is 29.4. The number of hydrogen-bond acceptors (Lipinski definition) is 30. The van der Waals surface area contributed by atoms with Gasteiger partial charge in [0.25, 0.3) is 12.4 Å². The number of carbonyl (C=O) groups is 16. The van der Waals surface area contributed by atoms with Gasteiger partial charge in [-0.05, 0) is 69.2 Å². The highest BCUT2D eigenvalue weighted by Crippen LogP contribution is 2.38. The normalized spacial score (nSPS) is 17.7. The zero-order valence-corrected chi connectivity index (χ0v) is 65.3. The fourth-order valence-electron chi connectivity index (χ4n) is 12.5. The van der Waals surface area contributed by atoms with Crippen LogP contribution in [0.25, 0.3) is 0 Å². The number of Topliss-reactive ketones (excluding diaryl/α,β-unsaturated/α-hetero) is 4. The molecule has 41 nitrogen and oxygen atoms in total. The molecule has 1 heterocycles. The first-order valence-corrected chi connectivity index (χ1v) is 38.3. The van der Waals surface area contributed by atoms with Crippen molar-refractivity contribution in [3.63, 3.8) is 0 Å². The topological polar surface area (TPSA) is 674 Å². The number of carbonyl (C=O) groups excluding carboxylic acids is 13. The summed E-state index contributed by atoms with van der Waals surface area (Å²) in [5, 5.41) is 148. The van der Waals surface area contributed by atoms with Gasteiger partial charge in [0, 0.05) is 105 Å². The van der Waals surface area contributed by atoms with Gasteiger partial charge in [0.2, 0.25) is 35.4 Å². The molecule has 0 radical (unpaired) electrons. The molecule has 1 unspecified atom stereocenters. The van der Waals surface area contributed by atoms with Crippen LogP contribution in [0.1, 0.15) is 140 Å². The maximum absolute atomic E-state index is 14.9. The lowest BCUT2D eigenvalue weighted by atomic mass is 9.89. The average Bonchev–Trinajstić information content (AvgIpc) is 1.62. The van der Waals surface area contributed by atoms with Crippen molar-refractivity contribution in [2.75, 3.05) is 66.9 Å². The van der Waals surface area contributed by atoms with Crippen LogP contribution in [0.5, 0.6) is 0 Å². The second kappa shape index (κ2) is 48.7. The van der Waals surface area contributed by atoms with Gasteiger partial charge in [0.15, 0.2) is 23.1 Å². The molecule has 2 aromatic carbocycles. The molecular weight excluding hydrogens is 1550 g/mol. The number of carboxylic acids is 3. The van der Waals surface area contributed by atoms with Crippen LogP contribution in [0.4, 0.5) is 21.9 Å². The molecule has 2 aliphatic rings. The van der Waals surface area contributed by atoms with E-state index in [-0.39, 0.29) is 42.6 Å². The third-order valence-corrected chi connectivity index (χ3v) is 19.9. The fraction of sp³-hybridized carbons (Fsp3) is 0.622. The number of benzene rings is 2. The van der Waals surface area contributed by atoms with E-state index in [1.807, 2.05) is 12.1 Å². The van der Waals surface area contributed by atoms with Crippen LogP contribution in [-0.2, 0) is 71.9 Å². The monoisotopic (exact) mass is 1660 g/mol. The Morgan fingerprint density at radius 2 is 1.09 bits per heavy atom. The SMILES string of the molecule is CC(C)(C)C(=O)CN1C(=O)[C@H](NC(=O)Nc2cccc(C(=O)C[C@H](CCC(=O)O)C(=O)N[C@H](CCC(=O)NC[C@H](O)[C@@H](O)[C@H](O)[C@H](O)CO)C(=O)C[C@H](CCC(=O)O)C(=O)N[C@H](CCC(=O)NC[C@H](O)[C@@H](O)[C@H](O)[C@H](O)CO)C(=O)CC[C@H](N)C(=O)N[C@@H](COC=O)C(=O)NC(CS)C(=O)O)c2)CN(C2CCCCC2)c2ccccc21. The van der Waals surface area contributed by atoms with Gasteiger partial charge in [-0.25, -0.2) is 9.59 Å². The number of aliphatic hydroxyl groups excluding tert-OH is 10. The number of ketones is 4. The molecule has 0 bridgehead atoms. The molecule has 2 aromatic rings. The average molecular weight is 1660 g/mol. The predicted molar refractivity (Wildman–Crippen MR) is 409 cm³/mol. The molecular formula is C74H109N11O30S. The van der Waals surface area contributed by atoms with Crippen molar-refractivity contribution in [3.8, 4) is 0 Å². The Hall–Kier alpha value is -9.73. The number of carboxylic acid groups (broad SMARTS) is 3. The fourth-order valence-corrected chi connectivity index (χ4v) is 12.7. The highest BCUT2D eigenvalue weighted by Gasteiger charge is 2.41. The maximum atomic E-state index is 14.9. The molecule has 42 heteroatoms. The molecule has 646 valence electrons. The van der Waals surface area contributed by atoms with E-state index in [0.717, 1.165) is 32.1 Å². The van der Waals surface area contributed by atoms with E-state index < -0.39 is 301 Å². The molecule has 1 aliphatic carbocycles. The number of nitrogens with one attached hydrogen (secondary N) is 8. The summed E-state index contributed by atoms with van der Waals surface area (Å²) >= 11 is 3.86. The Bertz CT molecular complexity index is 3720. The predicted octanol–water partition coefficient (Wildman–Crippen LogP) is -5.06. The molecule has 0 saturated heterocycles. The maximum Gasteiger partial charge on any atom is 0.327 e. The molecule has 23 N–H and O–H groups in total. The number of rotatable bonds is 52. The lowest BCUT2D eigenvalue weighted by Gasteiger charge is -2.37. The number of fused-ring (bicyclic) bond motifs is 1. The van der Waals surface area contributed by atoms with Gasteiger partial charge in [-0.2, -0.15) is 12.6 Å².